The van der Waals surface area contributed by atoms with Crippen molar-refractivity contribution in [3.8, 4) is 5.88 Å². The van der Waals surface area contributed by atoms with Crippen LogP contribution in [0.1, 0.15) is 48.4 Å². The fourth-order valence-corrected chi connectivity index (χ4v) is 4.06. The van der Waals surface area contributed by atoms with Gasteiger partial charge in [0.25, 0.3) is 0 Å². The van der Waals surface area contributed by atoms with Crippen LogP contribution in [-0.4, -0.2) is 22.5 Å². The third-order valence-corrected chi connectivity index (χ3v) is 5.81. The van der Waals surface area contributed by atoms with Gasteiger partial charge in [-0.25, -0.2) is 4.98 Å². The van der Waals surface area contributed by atoms with Crippen LogP contribution in [0.25, 0.3) is 10.9 Å². The second-order valence-corrected chi connectivity index (χ2v) is 8.07. The SMILES string of the molecule is CCCCC1CN(Cc2ccccc2)Cc2cc3ccc(C)c(C)c3nc2O1. The molecule has 1 aromatic heterocycles. The summed E-state index contributed by atoms with van der Waals surface area (Å²) in [6, 6.07) is 17.4. The first kappa shape index (κ1) is 18.9. The summed E-state index contributed by atoms with van der Waals surface area (Å²) in [6.45, 7) is 9.31. The largest absolute Gasteiger partial charge is 0.473 e. The van der Waals surface area contributed by atoms with E-state index in [1.807, 2.05) is 0 Å². The number of ether oxygens (including phenoxy) is 1. The number of aromatic nitrogens is 1. The molecule has 3 nitrogen and oxygen atoms in total. The van der Waals surface area contributed by atoms with Gasteiger partial charge >= 0.3 is 0 Å². The van der Waals surface area contributed by atoms with E-state index < -0.39 is 0 Å². The molecule has 1 unspecified atom stereocenters. The first-order valence-corrected chi connectivity index (χ1v) is 10.5. The minimum Gasteiger partial charge on any atom is -0.473 e. The van der Waals surface area contributed by atoms with Crippen LogP contribution in [0.5, 0.6) is 5.88 Å². The van der Waals surface area contributed by atoms with E-state index in [1.165, 1.54) is 40.5 Å². The molecule has 2 heterocycles. The summed E-state index contributed by atoms with van der Waals surface area (Å²) in [5.74, 6) is 0.831. The van der Waals surface area contributed by atoms with Gasteiger partial charge in [0.2, 0.25) is 5.88 Å². The highest BCUT2D eigenvalue weighted by Crippen LogP contribution is 2.31. The number of benzene rings is 2. The Morgan fingerprint density at radius 2 is 1.93 bits per heavy atom. The van der Waals surface area contributed by atoms with E-state index in [1.54, 1.807) is 0 Å². The van der Waals surface area contributed by atoms with Gasteiger partial charge < -0.3 is 4.74 Å². The maximum atomic E-state index is 6.48. The summed E-state index contributed by atoms with van der Waals surface area (Å²) < 4.78 is 6.48. The molecule has 3 heteroatoms. The monoisotopic (exact) mass is 374 g/mol. The first-order valence-electron chi connectivity index (χ1n) is 10.5. The maximum Gasteiger partial charge on any atom is 0.218 e. The predicted molar refractivity (Wildman–Crippen MR) is 116 cm³/mol. The number of pyridine rings is 1. The molecule has 0 spiro atoms. The minimum absolute atomic E-state index is 0.194. The zero-order valence-corrected chi connectivity index (χ0v) is 17.2. The Bertz CT molecular complexity index is 952. The molecule has 0 saturated carbocycles. The topological polar surface area (TPSA) is 25.4 Å². The standard InChI is InChI=1S/C25H30N2O/c1-4-5-11-23-17-27(15-20-9-7-6-8-10-20)16-22-14-21-13-12-18(2)19(3)24(21)26-25(22)28-23/h6-10,12-14,23H,4-5,11,15-17H2,1-3H3. The van der Waals surface area contributed by atoms with Crippen LogP contribution < -0.4 is 4.74 Å². The summed E-state index contributed by atoms with van der Waals surface area (Å²) in [7, 11) is 0. The molecule has 0 N–H and O–H groups in total. The molecule has 146 valence electrons. The quantitative estimate of drug-likeness (QED) is 0.564. The number of hydrogen-bond donors (Lipinski definition) is 0. The number of fused-ring (bicyclic) bond motifs is 2. The van der Waals surface area contributed by atoms with Crippen molar-refractivity contribution < 1.29 is 4.74 Å². The van der Waals surface area contributed by atoms with Crippen molar-refractivity contribution in [2.75, 3.05) is 6.54 Å². The maximum absolute atomic E-state index is 6.48. The molecule has 0 amide bonds. The van der Waals surface area contributed by atoms with Gasteiger partial charge in [-0.15, -0.1) is 0 Å². The molecule has 1 aliphatic rings. The smallest absolute Gasteiger partial charge is 0.218 e. The summed E-state index contributed by atoms with van der Waals surface area (Å²) in [6.07, 6.45) is 3.65. The Balaban J connectivity index is 1.70. The van der Waals surface area contributed by atoms with Crippen LogP contribution in [0.2, 0.25) is 0 Å². The van der Waals surface area contributed by atoms with Gasteiger partial charge in [0.1, 0.15) is 6.10 Å². The molecule has 2 aromatic carbocycles. The van der Waals surface area contributed by atoms with Crippen molar-refractivity contribution in [1.82, 2.24) is 9.88 Å². The third kappa shape index (κ3) is 4.05. The van der Waals surface area contributed by atoms with Crippen LogP contribution >= 0.6 is 0 Å². The Hall–Kier alpha value is -2.39. The molecular formula is C25H30N2O. The highest BCUT2D eigenvalue weighted by atomic mass is 16.5. The Labute approximate surface area is 168 Å². The Morgan fingerprint density at radius 3 is 2.71 bits per heavy atom. The van der Waals surface area contributed by atoms with E-state index in [2.05, 4.69) is 74.2 Å². The summed E-state index contributed by atoms with van der Waals surface area (Å²) in [5.41, 5.74) is 6.15. The van der Waals surface area contributed by atoms with Crippen LogP contribution in [0, 0.1) is 13.8 Å². The molecule has 3 aromatic rings. The van der Waals surface area contributed by atoms with Crippen molar-refractivity contribution in [3.63, 3.8) is 0 Å². The van der Waals surface area contributed by atoms with Crippen molar-refractivity contribution in [3.05, 3.63) is 70.8 Å². The van der Waals surface area contributed by atoms with E-state index in [0.29, 0.717) is 0 Å². The molecule has 0 fully saturated rings. The summed E-state index contributed by atoms with van der Waals surface area (Å²) in [5, 5.41) is 1.21. The van der Waals surface area contributed by atoms with Crippen LogP contribution in [-0.2, 0) is 13.1 Å². The lowest BCUT2D eigenvalue weighted by Gasteiger charge is -2.23. The van der Waals surface area contributed by atoms with Crippen LogP contribution in [0.3, 0.4) is 0 Å². The van der Waals surface area contributed by atoms with Gasteiger partial charge in [-0.1, -0.05) is 55.8 Å². The lowest BCUT2D eigenvalue weighted by Crippen LogP contribution is -2.32. The predicted octanol–water partition coefficient (Wildman–Crippen LogP) is 5.81. The van der Waals surface area contributed by atoms with Crippen LogP contribution in [0.4, 0.5) is 0 Å². The number of aryl methyl sites for hydroxylation is 2. The third-order valence-electron chi connectivity index (χ3n) is 5.81. The summed E-state index contributed by atoms with van der Waals surface area (Å²) in [4.78, 5) is 7.50. The lowest BCUT2D eigenvalue weighted by atomic mass is 10.0. The van der Waals surface area contributed by atoms with Gasteiger partial charge in [-0.05, 0) is 49.4 Å². The van der Waals surface area contributed by atoms with Gasteiger partial charge in [-0.3, -0.25) is 4.90 Å². The van der Waals surface area contributed by atoms with E-state index in [-0.39, 0.29) is 6.10 Å². The second-order valence-electron chi connectivity index (χ2n) is 8.07. The zero-order chi connectivity index (χ0) is 19.5. The first-order chi connectivity index (χ1) is 13.6. The average Bonchev–Trinajstić information content (AvgIpc) is 2.87. The minimum atomic E-state index is 0.194. The van der Waals surface area contributed by atoms with Crippen molar-refractivity contribution in [2.45, 2.75) is 59.2 Å². The molecule has 1 atom stereocenters. The number of hydrogen-bond acceptors (Lipinski definition) is 3. The Morgan fingerprint density at radius 1 is 1.11 bits per heavy atom. The fourth-order valence-electron chi connectivity index (χ4n) is 4.06. The molecule has 4 rings (SSSR count). The van der Waals surface area contributed by atoms with Crippen LogP contribution in [0.15, 0.2) is 48.5 Å². The van der Waals surface area contributed by atoms with E-state index >= 15 is 0 Å². The van der Waals surface area contributed by atoms with Crippen molar-refractivity contribution in [2.24, 2.45) is 0 Å². The number of rotatable bonds is 5. The zero-order valence-electron chi connectivity index (χ0n) is 17.2. The average molecular weight is 375 g/mol. The molecule has 0 radical (unpaired) electrons. The second kappa shape index (κ2) is 8.32. The van der Waals surface area contributed by atoms with Gasteiger partial charge in [0.15, 0.2) is 0 Å². The van der Waals surface area contributed by atoms with Gasteiger partial charge in [0, 0.05) is 30.6 Å². The van der Waals surface area contributed by atoms with E-state index in [0.717, 1.165) is 37.5 Å². The lowest BCUT2D eigenvalue weighted by molar-refractivity contribution is 0.130. The van der Waals surface area contributed by atoms with Gasteiger partial charge in [-0.2, -0.15) is 0 Å². The highest BCUT2D eigenvalue weighted by Gasteiger charge is 2.24. The highest BCUT2D eigenvalue weighted by molar-refractivity contribution is 5.84. The molecule has 28 heavy (non-hydrogen) atoms. The van der Waals surface area contributed by atoms with Crippen molar-refractivity contribution >= 4 is 10.9 Å². The number of unbranched alkanes of at least 4 members (excludes halogenated alkanes) is 1. The summed E-state index contributed by atoms with van der Waals surface area (Å²) >= 11 is 0. The van der Waals surface area contributed by atoms with Gasteiger partial charge in [0.05, 0.1) is 5.52 Å². The van der Waals surface area contributed by atoms with E-state index in [4.69, 9.17) is 9.72 Å². The number of nitrogens with zero attached hydrogens (tertiary/aromatic N) is 2. The molecule has 1 aliphatic heterocycles. The molecule has 0 bridgehead atoms. The fraction of sp³-hybridized carbons (Fsp3) is 0.400. The Kier molecular flexibility index (Phi) is 5.63. The molecular weight excluding hydrogens is 344 g/mol. The van der Waals surface area contributed by atoms with Crippen molar-refractivity contribution in [1.29, 1.82) is 0 Å². The normalized spacial score (nSPS) is 17.2. The van der Waals surface area contributed by atoms with E-state index in [9.17, 15) is 0 Å². The molecule has 0 saturated heterocycles. The molecule has 0 aliphatic carbocycles.